The molecule has 0 unspecified atom stereocenters. The summed E-state index contributed by atoms with van der Waals surface area (Å²) in [4.78, 5) is 22.7. The summed E-state index contributed by atoms with van der Waals surface area (Å²) in [6.45, 7) is 1.90. The molecule has 4 nitrogen and oxygen atoms in total. The molecule has 0 spiro atoms. The van der Waals surface area contributed by atoms with Gasteiger partial charge in [0.2, 0.25) is 0 Å². The number of aliphatic carboxylic acids is 1. The molecule has 2 aromatic carbocycles. The molecule has 0 atom stereocenters. The number of anilines is 1. The first-order valence-corrected chi connectivity index (χ1v) is 6.72. The first kappa shape index (κ1) is 15.1. The molecule has 0 fully saturated rings. The molecule has 0 heterocycles. The predicted octanol–water partition coefficient (Wildman–Crippen LogP) is 3.53. The number of carbonyl (C=O) groups is 2. The van der Waals surface area contributed by atoms with Gasteiger partial charge in [0.1, 0.15) is 0 Å². The second-order valence-corrected chi connectivity index (χ2v) is 5.11. The van der Waals surface area contributed by atoms with Gasteiger partial charge in [-0.1, -0.05) is 29.8 Å². The van der Waals surface area contributed by atoms with Gasteiger partial charge < -0.3 is 10.4 Å². The Kier molecular flexibility index (Phi) is 4.60. The highest BCUT2D eigenvalue weighted by Gasteiger charge is 2.10. The summed E-state index contributed by atoms with van der Waals surface area (Å²) >= 11 is 6.05. The lowest BCUT2D eigenvalue weighted by Gasteiger charge is -2.08. The van der Waals surface area contributed by atoms with E-state index in [-0.39, 0.29) is 12.3 Å². The lowest BCUT2D eigenvalue weighted by Crippen LogP contribution is -2.12. The van der Waals surface area contributed by atoms with E-state index in [1.165, 1.54) is 0 Å². The molecule has 2 N–H and O–H groups in total. The van der Waals surface area contributed by atoms with E-state index in [2.05, 4.69) is 5.32 Å². The third kappa shape index (κ3) is 4.07. The number of aryl methyl sites for hydroxylation is 1. The van der Waals surface area contributed by atoms with Crippen molar-refractivity contribution in [1.82, 2.24) is 0 Å². The Morgan fingerprint density at radius 1 is 1.14 bits per heavy atom. The summed E-state index contributed by atoms with van der Waals surface area (Å²) in [6.07, 6.45) is -0.0436. The van der Waals surface area contributed by atoms with Crippen molar-refractivity contribution in [2.75, 3.05) is 5.32 Å². The van der Waals surface area contributed by atoms with Crippen LogP contribution in [-0.4, -0.2) is 17.0 Å². The van der Waals surface area contributed by atoms with Gasteiger partial charge in [-0.2, -0.15) is 0 Å². The van der Waals surface area contributed by atoms with Gasteiger partial charge in [-0.15, -0.1) is 0 Å². The van der Waals surface area contributed by atoms with Crippen LogP contribution in [-0.2, 0) is 11.2 Å². The van der Waals surface area contributed by atoms with Gasteiger partial charge in [0, 0.05) is 5.69 Å². The van der Waals surface area contributed by atoms with Crippen LogP contribution in [0.3, 0.4) is 0 Å². The van der Waals surface area contributed by atoms with Crippen LogP contribution < -0.4 is 5.32 Å². The van der Waals surface area contributed by atoms with Crippen molar-refractivity contribution < 1.29 is 14.7 Å². The lowest BCUT2D eigenvalue weighted by atomic mass is 10.1. The van der Waals surface area contributed by atoms with Crippen LogP contribution in [0.25, 0.3) is 0 Å². The van der Waals surface area contributed by atoms with Crippen LogP contribution in [0.15, 0.2) is 42.5 Å². The Bertz CT molecular complexity index is 680. The zero-order valence-electron chi connectivity index (χ0n) is 11.4. The molecule has 0 bridgehead atoms. The number of hydrogen-bond donors (Lipinski definition) is 2. The van der Waals surface area contributed by atoms with Crippen molar-refractivity contribution in [1.29, 1.82) is 0 Å². The van der Waals surface area contributed by atoms with Crippen molar-refractivity contribution in [2.24, 2.45) is 0 Å². The average molecular weight is 304 g/mol. The predicted molar refractivity (Wildman–Crippen MR) is 81.9 cm³/mol. The summed E-state index contributed by atoms with van der Waals surface area (Å²) in [5.74, 6) is -1.19. The van der Waals surface area contributed by atoms with E-state index in [1.807, 2.05) is 13.0 Å². The lowest BCUT2D eigenvalue weighted by molar-refractivity contribution is -0.136. The van der Waals surface area contributed by atoms with Crippen LogP contribution in [0.4, 0.5) is 5.69 Å². The highest BCUT2D eigenvalue weighted by molar-refractivity contribution is 6.34. The van der Waals surface area contributed by atoms with E-state index in [9.17, 15) is 9.59 Å². The molecule has 21 heavy (non-hydrogen) atoms. The fourth-order valence-corrected chi connectivity index (χ4v) is 2.20. The maximum Gasteiger partial charge on any atom is 0.307 e. The van der Waals surface area contributed by atoms with E-state index >= 15 is 0 Å². The number of amides is 1. The number of carboxylic acid groups (broad SMARTS) is 1. The normalized spacial score (nSPS) is 10.2. The van der Waals surface area contributed by atoms with Gasteiger partial charge in [0.15, 0.2) is 0 Å². The zero-order chi connectivity index (χ0) is 15.4. The topological polar surface area (TPSA) is 66.4 Å². The summed E-state index contributed by atoms with van der Waals surface area (Å²) in [6, 6.07) is 11.9. The molecular weight excluding hydrogens is 290 g/mol. The standard InChI is InChI=1S/C16H14ClNO3/c1-10-2-7-13(14(17)8-10)16(21)18-12-5-3-11(4-6-12)9-15(19)20/h2-8H,9H2,1H3,(H,18,21)(H,19,20). The number of carbonyl (C=O) groups excluding carboxylic acids is 1. The van der Waals surface area contributed by atoms with Gasteiger partial charge in [0.25, 0.3) is 5.91 Å². The van der Waals surface area contributed by atoms with Gasteiger partial charge in [-0.25, -0.2) is 0 Å². The molecule has 0 aliphatic rings. The molecule has 1 amide bonds. The summed E-state index contributed by atoms with van der Waals surface area (Å²) in [5, 5.41) is 11.8. The molecule has 0 saturated carbocycles. The Morgan fingerprint density at radius 3 is 2.38 bits per heavy atom. The minimum absolute atomic E-state index is 0.0436. The highest BCUT2D eigenvalue weighted by atomic mass is 35.5. The Hall–Kier alpha value is -2.33. The van der Waals surface area contributed by atoms with Crippen LogP contribution in [0.1, 0.15) is 21.5 Å². The number of nitrogens with one attached hydrogen (secondary N) is 1. The maximum absolute atomic E-state index is 12.1. The van der Waals surface area contributed by atoms with Gasteiger partial charge in [-0.05, 0) is 42.3 Å². The van der Waals surface area contributed by atoms with E-state index < -0.39 is 5.97 Å². The van der Waals surface area contributed by atoms with Crippen molar-refractivity contribution in [3.63, 3.8) is 0 Å². The quantitative estimate of drug-likeness (QED) is 0.908. The van der Waals surface area contributed by atoms with E-state index in [0.29, 0.717) is 21.8 Å². The Labute approximate surface area is 127 Å². The number of halogens is 1. The van der Waals surface area contributed by atoms with E-state index in [1.54, 1.807) is 36.4 Å². The fraction of sp³-hybridized carbons (Fsp3) is 0.125. The van der Waals surface area contributed by atoms with Crippen LogP contribution >= 0.6 is 11.6 Å². The minimum Gasteiger partial charge on any atom is -0.481 e. The summed E-state index contributed by atoms with van der Waals surface area (Å²) in [5.41, 5.74) is 2.64. The second-order valence-electron chi connectivity index (χ2n) is 4.70. The minimum atomic E-state index is -0.891. The molecule has 2 aromatic rings. The van der Waals surface area contributed by atoms with Crippen molar-refractivity contribution >= 4 is 29.2 Å². The highest BCUT2D eigenvalue weighted by Crippen LogP contribution is 2.19. The molecule has 0 radical (unpaired) electrons. The number of rotatable bonds is 4. The van der Waals surface area contributed by atoms with Crippen LogP contribution in [0.5, 0.6) is 0 Å². The van der Waals surface area contributed by atoms with Gasteiger partial charge in [0.05, 0.1) is 17.0 Å². The number of benzene rings is 2. The average Bonchev–Trinajstić information content (AvgIpc) is 2.40. The largest absolute Gasteiger partial charge is 0.481 e. The maximum atomic E-state index is 12.1. The molecule has 0 aliphatic heterocycles. The van der Waals surface area contributed by atoms with Gasteiger partial charge in [-0.3, -0.25) is 9.59 Å². The van der Waals surface area contributed by atoms with E-state index in [0.717, 1.165) is 5.56 Å². The monoisotopic (exact) mass is 303 g/mol. The van der Waals surface area contributed by atoms with Crippen molar-refractivity contribution in [3.8, 4) is 0 Å². The fourth-order valence-electron chi connectivity index (χ4n) is 1.88. The molecular formula is C16H14ClNO3. The first-order chi connectivity index (χ1) is 9.95. The molecule has 0 aliphatic carbocycles. The van der Waals surface area contributed by atoms with E-state index in [4.69, 9.17) is 16.7 Å². The van der Waals surface area contributed by atoms with Crippen molar-refractivity contribution in [2.45, 2.75) is 13.3 Å². The van der Waals surface area contributed by atoms with Crippen LogP contribution in [0, 0.1) is 6.92 Å². The molecule has 0 saturated heterocycles. The number of carboxylic acids is 1. The van der Waals surface area contributed by atoms with Gasteiger partial charge >= 0.3 is 5.97 Å². The third-order valence-electron chi connectivity index (χ3n) is 2.94. The van der Waals surface area contributed by atoms with Crippen LogP contribution in [0.2, 0.25) is 5.02 Å². The molecule has 0 aromatic heterocycles. The van der Waals surface area contributed by atoms with Crippen molar-refractivity contribution in [3.05, 3.63) is 64.2 Å². The Morgan fingerprint density at radius 2 is 1.81 bits per heavy atom. The SMILES string of the molecule is Cc1ccc(C(=O)Nc2ccc(CC(=O)O)cc2)c(Cl)c1. The molecule has 108 valence electrons. The third-order valence-corrected chi connectivity index (χ3v) is 3.25. The summed E-state index contributed by atoms with van der Waals surface area (Å²) < 4.78 is 0. The zero-order valence-corrected chi connectivity index (χ0v) is 12.1. The summed E-state index contributed by atoms with van der Waals surface area (Å²) in [7, 11) is 0. The molecule has 2 rings (SSSR count). The second kappa shape index (κ2) is 6.41. The molecule has 5 heteroatoms. The Balaban J connectivity index is 2.10. The number of hydrogen-bond acceptors (Lipinski definition) is 2. The smallest absolute Gasteiger partial charge is 0.307 e. The first-order valence-electron chi connectivity index (χ1n) is 6.34.